The summed E-state index contributed by atoms with van der Waals surface area (Å²) in [6.45, 7) is 6.96. The van der Waals surface area contributed by atoms with Gasteiger partial charge in [-0.2, -0.15) is 0 Å². The molecule has 0 aromatic heterocycles. The summed E-state index contributed by atoms with van der Waals surface area (Å²) in [6.07, 6.45) is 0. The Kier molecular flexibility index (Phi) is 9.59. The van der Waals surface area contributed by atoms with Crippen molar-refractivity contribution in [2.24, 2.45) is 17.6 Å². The van der Waals surface area contributed by atoms with Crippen LogP contribution in [-0.4, -0.2) is 24.4 Å². The maximum absolute atomic E-state index is 13.9. The van der Waals surface area contributed by atoms with Gasteiger partial charge in [0.25, 0.3) is 0 Å². The molecular formula is C17H26ClF2N3O2. The minimum atomic E-state index is -0.722. The molecule has 0 aliphatic rings. The number of amides is 2. The summed E-state index contributed by atoms with van der Waals surface area (Å²) in [5.74, 6) is -2.47. The molecule has 2 atom stereocenters. The van der Waals surface area contributed by atoms with Gasteiger partial charge in [0.1, 0.15) is 11.6 Å². The van der Waals surface area contributed by atoms with Crippen molar-refractivity contribution < 1.29 is 18.4 Å². The Morgan fingerprint density at radius 2 is 1.72 bits per heavy atom. The number of hydrogen-bond acceptors (Lipinski definition) is 3. The molecule has 1 unspecified atom stereocenters. The summed E-state index contributed by atoms with van der Waals surface area (Å²) in [5, 5.41) is 5.11. The number of halogens is 3. The first kappa shape index (κ1) is 23.3. The number of nitrogens with one attached hydrogen (secondary N) is 2. The van der Waals surface area contributed by atoms with Gasteiger partial charge >= 0.3 is 0 Å². The second-order valence-electron chi connectivity index (χ2n) is 6.44. The van der Waals surface area contributed by atoms with E-state index in [1.54, 1.807) is 27.7 Å². The van der Waals surface area contributed by atoms with Gasteiger partial charge in [-0.05, 0) is 17.9 Å². The average molecular weight is 378 g/mol. The Labute approximate surface area is 153 Å². The van der Waals surface area contributed by atoms with Gasteiger partial charge < -0.3 is 16.4 Å². The molecule has 142 valence electrons. The van der Waals surface area contributed by atoms with Crippen molar-refractivity contribution in [2.75, 3.05) is 6.54 Å². The highest BCUT2D eigenvalue weighted by atomic mass is 35.5. The predicted molar refractivity (Wildman–Crippen MR) is 95.2 cm³/mol. The lowest BCUT2D eigenvalue weighted by Gasteiger charge is -2.24. The van der Waals surface area contributed by atoms with E-state index in [4.69, 9.17) is 5.73 Å². The van der Waals surface area contributed by atoms with E-state index in [9.17, 15) is 18.4 Å². The third-order valence-corrected chi connectivity index (χ3v) is 3.72. The van der Waals surface area contributed by atoms with Crippen molar-refractivity contribution in [3.8, 4) is 0 Å². The number of carbonyl (C=O) groups is 2. The van der Waals surface area contributed by atoms with Crippen LogP contribution in [0, 0.1) is 23.5 Å². The van der Waals surface area contributed by atoms with Crippen LogP contribution in [0.3, 0.4) is 0 Å². The second-order valence-corrected chi connectivity index (χ2v) is 6.44. The van der Waals surface area contributed by atoms with Gasteiger partial charge in [-0.15, -0.1) is 12.4 Å². The highest BCUT2D eigenvalue weighted by Crippen LogP contribution is 2.24. The number of rotatable bonds is 7. The SMILES string of the molecule is CC(C)C(NC(=O)CNC(=O)[C@@H](N)C(C)C)c1ccc(F)cc1F.Cl. The minimum Gasteiger partial charge on any atom is -0.347 e. The van der Waals surface area contributed by atoms with Gasteiger partial charge in [0.15, 0.2) is 0 Å². The zero-order valence-electron chi connectivity index (χ0n) is 14.8. The van der Waals surface area contributed by atoms with Gasteiger partial charge in [0, 0.05) is 11.6 Å². The van der Waals surface area contributed by atoms with E-state index in [-0.39, 0.29) is 36.4 Å². The van der Waals surface area contributed by atoms with Gasteiger partial charge in [0.05, 0.1) is 18.6 Å². The van der Waals surface area contributed by atoms with E-state index in [0.29, 0.717) is 0 Å². The van der Waals surface area contributed by atoms with Gasteiger partial charge in [-0.25, -0.2) is 8.78 Å². The van der Waals surface area contributed by atoms with Crippen molar-refractivity contribution >= 4 is 24.2 Å². The third kappa shape index (κ3) is 6.96. The van der Waals surface area contributed by atoms with Crippen LogP contribution in [0.4, 0.5) is 8.78 Å². The van der Waals surface area contributed by atoms with E-state index in [1.165, 1.54) is 6.07 Å². The Morgan fingerprint density at radius 1 is 1.12 bits per heavy atom. The molecule has 5 nitrogen and oxygen atoms in total. The highest BCUT2D eigenvalue weighted by molar-refractivity contribution is 5.87. The zero-order valence-corrected chi connectivity index (χ0v) is 15.6. The summed E-state index contributed by atoms with van der Waals surface area (Å²) in [6, 6.07) is 1.90. The van der Waals surface area contributed by atoms with Crippen molar-refractivity contribution in [2.45, 2.75) is 39.8 Å². The Morgan fingerprint density at radius 3 is 2.20 bits per heavy atom. The fourth-order valence-corrected chi connectivity index (χ4v) is 2.17. The molecule has 0 saturated heterocycles. The van der Waals surface area contributed by atoms with Crippen molar-refractivity contribution in [1.82, 2.24) is 10.6 Å². The first-order valence-corrected chi connectivity index (χ1v) is 7.91. The van der Waals surface area contributed by atoms with E-state index in [1.807, 2.05) is 0 Å². The van der Waals surface area contributed by atoms with Crippen molar-refractivity contribution in [1.29, 1.82) is 0 Å². The summed E-state index contributed by atoms with van der Waals surface area (Å²) in [7, 11) is 0. The quantitative estimate of drug-likeness (QED) is 0.681. The monoisotopic (exact) mass is 377 g/mol. The highest BCUT2D eigenvalue weighted by Gasteiger charge is 2.23. The maximum Gasteiger partial charge on any atom is 0.239 e. The van der Waals surface area contributed by atoms with Crippen LogP contribution in [0.1, 0.15) is 39.3 Å². The number of benzene rings is 1. The van der Waals surface area contributed by atoms with Crippen LogP contribution in [0.25, 0.3) is 0 Å². The van der Waals surface area contributed by atoms with Crippen LogP contribution in [-0.2, 0) is 9.59 Å². The Balaban J connectivity index is 0.00000576. The Bertz CT molecular complexity index is 597. The standard InChI is InChI=1S/C17H25F2N3O2.ClH/c1-9(2)15(20)17(24)21-8-14(23)22-16(10(3)4)12-6-5-11(18)7-13(12)19;/h5-7,9-10,15-16H,8,20H2,1-4H3,(H,21,24)(H,22,23);1H/t15-,16?;/m0./s1. The molecular weight excluding hydrogens is 352 g/mol. The fourth-order valence-electron chi connectivity index (χ4n) is 2.17. The van der Waals surface area contributed by atoms with Crippen LogP contribution < -0.4 is 16.4 Å². The lowest BCUT2D eigenvalue weighted by atomic mass is 9.95. The summed E-state index contributed by atoms with van der Waals surface area (Å²) in [4.78, 5) is 23.8. The lowest BCUT2D eigenvalue weighted by molar-refractivity contribution is -0.127. The molecule has 0 heterocycles. The zero-order chi connectivity index (χ0) is 18.4. The first-order valence-electron chi connectivity index (χ1n) is 7.91. The fraction of sp³-hybridized carbons (Fsp3) is 0.529. The molecule has 0 saturated carbocycles. The average Bonchev–Trinajstić information content (AvgIpc) is 2.49. The molecule has 0 radical (unpaired) electrons. The molecule has 25 heavy (non-hydrogen) atoms. The molecule has 0 aliphatic carbocycles. The van der Waals surface area contributed by atoms with Gasteiger partial charge in [-0.3, -0.25) is 9.59 Å². The van der Waals surface area contributed by atoms with Crippen LogP contribution in [0.5, 0.6) is 0 Å². The largest absolute Gasteiger partial charge is 0.347 e. The molecule has 2 amide bonds. The molecule has 0 spiro atoms. The van der Waals surface area contributed by atoms with E-state index >= 15 is 0 Å². The number of nitrogens with two attached hydrogens (primary N) is 1. The van der Waals surface area contributed by atoms with Gasteiger partial charge in [-0.1, -0.05) is 33.8 Å². The number of hydrogen-bond donors (Lipinski definition) is 3. The summed E-state index contributed by atoms with van der Waals surface area (Å²) in [5.41, 5.74) is 5.89. The molecule has 1 aromatic rings. The summed E-state index contributed by atoms with van der Waals surface area (Å²) >= 11 is 0. The lowest BCUT2D eigenvalue weighted by Crippen LogP contribution is -2.47. The topological polar surface area (TPSA) is 84.2 Å². The number of carbonyl (C=O) groups excluding carboxylic acids is 2. The van der Waals surface area contributed by atoms with Crippen LogP contribution in [0.2, 0.25) is 0 Å². The van der Waals surface area contributed by atoms with Crippen molar-refractivity contribution in [3.63, 3.8) is 0 Å². The van der Waals surface area contributed by atoms with E-state index < -0.39 is 35.5 Å². The molecule has 0 aliphatic heterocycles. The molecule has 1 aromatic carbocycles. The predicted octanol–water partition coefficient (Wildman–Crippen LogP) is 2.30. The third-order valence-electron chi connectivity index (χ3n) is 3.72. The molecule has 1 rings (SSSR count). The summed E-state index contributed by atoms with van der Waals surface area (Å²) < 4.78 is 27.0. The smallest absolute Gasteiger partial charge is 0.239 e. The Hall–Kier alpha value is -1.73. The molecule has 8 heteroatoms. The van der Waals surface area contributed by atoms with Crippen molar-refractivity contribution in [3.05, 3.63) is 35.4 Å². The van der Waals surface area contributed by atoms with Crippen LogP contribution in [0.15, 0.2) is 18.2 Å². The first-order chi connectivity index (χ1) is 11.1. The molecule has 0 fully saturated rings. The second kappa shape index (κ2) is 10.3. The van der Waals surface area contributed by atoms with E-state index in [0.717, 1.165) is 12.1 Å². The molecule has 0 bridgehead atoms. The van der Waals surface area contributed by atoms with Gasteiger partial charge in [0.2, 0.25) is 11.8 Å². The minimum absolute atomic E-state index is 0. The van der Waals surface area contributed by atoms with E-state index in [2.05, 4.69) is 10.6 Å². The molecule has 4 N–H and O–H groups in total. The van der Waals surface area contributed by atoms with Crippen LogP contribution >= 0.6 is 12.4 Å². The maximum atomic E-state index is 13.9. The normalized spacial score (nSPS) is 13.2.